The van der Waals surface area contributed by atoms with Gasteiger partial charge in [0.15, 0.2) is 0 Å². The minimum absolute atomic E-state index is 0.106. The molecule has 1 amide bonds. The minimum Gasteiger partial charge on any atom is -0.352 e. The summed E-state index contributed by atoms with van der Waals surface area (Å²) in [5.74, 6) is -0.106. The van der Waals surface area contributed by atoms with Crippen LogP contribution < -0.4 is 4.90 Å². The van der Waals surface area contributed by atoms with Crippen molar-refractivity contribution in [1.82, 2.24) is 5.01 Å². The number of nitrogens with zero attached hydrogens (tertiary/aromatic N) is 3. The summed E-state index contributed by atoms with van der Waals surface area (Å²) < 4.78 is 0. The van der Waals surface area contributed by atoms with Crippen molar-refractivity contribution >= 4 is 28.9 Å². The molecule has 0 aromatic heterocycles. The third-order valence-corrected chi connectivity index (χ3v) is 6.46. The van der Waals surface area contributed by atoms with E-state index < -0.39 is 0 Å². The van der Waals surface area contributed by atoms with Crippen LogP contribution in [0.5, 0.6) is 0 Å². The molecule has 0 saturated heterocycles. The Balaban J connectivity index is 1.69. The van der Waals surface area contributed by atoms with Gasteiger partial charge in [-0.3, -0.25) is 4.79 Å². The molecule has 3 aromatic carbocycles. The van der Waals surface area contributed by atoms with Gasteiger partial charge < -0.3 is 4.90 Å². The van der Waals surface area contributed by atoms with Crippen LogP contribution in [0.25, 0.3) is 0 Å². The Morgan fingerprint density at radius 2 is 1.70 bits per heavy atom. The molecule has 0 unspecified atom stereocenters. The van der Waals surface area contributed by atoms with Crippen LogP contribution in [0.1, 0.15) is 34.8 Å². The number of hydrogen-bond donors (Lipinski definition) is 0. The standard InChI is InChI=1S/C25H22ClN3O/c1-25-16-21(17-9-5-3-6-10-17)27-29(23(30)18-11-7-4-8-12-18)24(25)28(2)22-15-19(26)13-14-20(22)25/h3-15,24H,16H2,1-2H3/t24-,25-/m0/s1. The Kier molecular flexibility index (Phi) is 4.40. The lowest BCUT2D eigenvalue weighted by molar-refractivity contribution is 0.0581. The number of hydrazone groups is 1. The van der Waals surface area contributed by atoms with E-state index in [1.54, 1.807) is 5.01 Å². The summed E-state index contributed by atoms with van der Waals surface area (Å²) in [6.45, 7) is 2.22. The van der Waals surface area contributed by atoms with Crippen LogP contribution >= 0.6 is 11.6 Å². The lowest BCUT2D eigenvalue weighted by Gasteiger charge is -2.44. The lowest BCUT2D eigenvalue weighted by Crippen LogP contribution is -2.57. The first-order valence-electron chi connectivity index (χ1n) is 10.0. The van der Waals surface area contributed by atoms with Gasteiger partial charge in [-0.1, -0.05) is 73.1 Å². The summed E-state index contributed by atoms with van der Waals surface area (Å²) >= 11 is 6.32. The summed E-state index contributed by atoms with van der Waals surface area (Å²) in [4.78, 5) is 15.7. The molecule has 2 aliphatic heterocycles. The van der Waals surface area contributed by atoms with Crippen molar-refractivity contribution in [3.8, 4) is 0 Å². The largest absolute Gasteiger partial charge is 0.352 e. The molecule has 0 spiro atoms. The van der Waals surface area contributed by atoms with E-state index in [0.717, 1.165) is 23.4 Å². The maximum Gasteiger partial charge on any atom is 0.275 e. The molecule has 2 atom stereocenters. The first-order chi connectivity index (χ1) is 14.5. The second-order valence-corrected chi connectivity index (χ2v) is 8.61. The highest BCUT2D eigenvalue weighted by molar-refractivity contribution is 6.31. The van der Waals surface area contributed by atoms with E-state index in [2.05, 4.69) is 30.0 Å². The zero-order chi connectivity index (χ0) is 20.9. The third kappa shape index (κ3) is 2.83. The maximum absolute atomic E-state index is 13.6. The molecule has 2 aliphatic rings. The van der Waals surface area contributed by atoms with Crippen LogP contribution in [-0.2, 0) is 5.41 Å². The number of carbonyl (C=O) groups excluding carboxylic acids is 1. The highest BCUT2D eigenvalue weighted by Crippen LogP contribution is 2.51. The normalized spacial score (nSPS) is 22.4. The van der Waals surface area contributed by atoms with Gasteiger partial charge in [0.05, 0.1) is 5.71 Å². The Morgan fingerprint density at radius 3 is 2.40 bits per heavy atom. The van der Waals surface area contributed by atoms with Gasteiger partial charge in [-0.05, 0) is 35.4 Å². The highest BCUT2D eigenvalue weighted by atomic mass is 35.5. The Bertz CT molecular complexity index is 1150. The van der Waals surface area contributed by atoms with E-state index in [9.17, 15) is 4.79 Å². The zero-order valence-corrected chi connectivity index (χ0v) is 17.7. The zero-order valence-electron chi connectivity index (χ0n) is 16.9. The number of carbonyl (C=O) groups is 1. The first-order valence-corrected chi connectivity index (χ1v) is 10.4. The molecule has 4 nitrogen and oxygen atoms in total. The highest BCUT2D eigenvalue weighted by Gasteiger charge is 2.54. The summed E-state index contributed by atoms with van der Waals surface area (Å²) in [5, 5.41) is 7.25. The van der Waals surface area contributed by atoms with Crippen molar-refractivity contribution in [2.24, 2.45) is 5.10 Å². The van der Waals surface area contributed by atoms with Crippen molar-refractivity contribution in [2.45, 2.75) is 24.9 Å². The predicted octanol–water partition coefficient (Wildman–Crippen LogP) is 5.32. The average molecular weight is 416 g/mol. The van der Waals surface area contributed by atoms with Gasteiger partial charge in [-0.15, -0.1) is 0 Å². The summed E-state index contributed by atoms with van der Waals surface area (Å²) in [5.41, 5.74) is 4.49. The van der Waals surface area contributed by atoms with Gasteiger partial charge in [0.25, 0.3) is 5.91 Å². The summed E-state index contributed by atoms with van der Waals surface area (Å²) in [7, 11) is 2.01. The Hall–Kier alpha value is -3.11. The molecule has 30 heavy (non-hydrogen) atoms. The molecule has 0 fully saturated rings. The van der Waals surface area contributed by atoms with Crippen molar-refractivity contribution < 1.29 is 4.79 Å². The quantitative estimate of drug-likeness (QED) is 0.567. The first kappa shape index (κ1) is 18.9. The minimum atomic E-state index is -0.313. The molecule has 0 saturated carbocycles. The van der Waals surface area contributed by atoms with E-state index in [1.165, 1.54) is 5.56 Å². The molecule has 0 aliphatic carbocycles. The predicted molar refractivity (Wildman–Crippen MR) is 121 cm³/mol. The van der Waals surface area contributed by atoms with E-state index in [0.29, 0.717) is 10.6 Å². The Morgan fingerprint density at radius 1 is 1.03 bits per heavy atom. The van der Waals surface area contributed by atoms with Crippen LogP contribution in [-0.4, -0.2) is 29.8 Å². The van der Waals surface area contributed by atoms with Crippen molar-refractivity contribution in [2.75, 3.05) is 11.9 Å². The SMILES string of the molecule is CN1c2cc(Cl)ccc2[C@]2(C)CC(c3ccccc3)=NN(C(=O)c3ccccc3)[C@H]12. The van der Waals surface area contributed by atoms with Gasteiger partial charge in [0.2, 0.25) is 0 Å². The molecule has 3 aromatic rings. The Labute approximate surface area is 181 Å². The molecular formula is C25H22ClN3O. The third-order valence-electron chi connectivity index (χ3n) is 6.22. The number of likely N-dealkylation sites (N-methyl/N-ethyl adjacent to an activating group) is 1. The fraction of sp³-hybridized carbons (Fsp3) is 0.200. The smallest absolute Gasteiger partial charge is 0.275 e. The number of anilines is 1. The second-order valence-electron chi connectivity index (χ2n) is 8.17. The monoisotopic (exact) mass is 415 g/mol. The lowest BCUT2D eigenvalue weighted by atomic mass is 9.75. The maximum atomic E-state index is 13.6. The van der Waals surface area contributed by atoms with E-state index in [4.69, 9.17) is 16.7 Å². The van der Waals surface area contributed by atoms with Crippen LogP contribution in [0.2, 0.25) is 5.02 Å². The van der Waals surface area contributed by atoms with Crippen LogP contribution in [0, 0.1) is 0 Å². The van der Waals surface area contributed by atoms with E-state index in [1.807, 2.05) is 67.7 Å². The number of rotatable bonds is 2. The van der Waals surface area contributed by atoms with Crippen LogP contribution in [0.3, 0.4) is 0 Å². The van der Waals surface area contributed by atoms with Crippen molar-refractivity contribution in [3.63, 3.8) is 0 Å². The molecule has 0 bridgehead atoms. The van der Waals surface area contributed by atoms with Crippen molar-refractivity contribution in [1.29, 1.82) is 0 Å². The second kappa shape index (κ2) is 6.99. The van der Waals surface area contributed by atoms with Crippen LogP contribution in [0.15, 0.2) is 84.0 Å². The molecule has 0 radical (unpaired) electrons. The van der Waals surface area contributed by atoms with Crippen LogP contribution in [0.4, 0.5) is 5.69 Å². The van der Waals surface area contributed by atoms with Gasteiger partial charge in [0.1, 0.15) is 6.17 Å². The molecule has 0 N–H and O–H groups in total. The van der Waals surface area contributed by atoms with Gasteiger partial charge in [-0.2, -0.15) is 5.10 Å². The molecule has 5 heteroatoms. The fourth-order valence-electron chi connectivity index (χ4n) is 4.83. The van der Waals surface area contributed by atoms with Gasteiger partial charge in [-0.25, -0.2) is 5.01 Å². The molecule has 150 valence electrons. The molecular weight excluding hydrogens is 394 g/mol. The number of fused-ring (bicyclic) bond motifs is 3. The molecule has 5 rings (SSSR count). The van der Waals surface area contributed by atoms with Gasteiger partial charge in [0, 0.05) is 35.2 Å². The average Bonchev–Trinajstić information content (AvgIpc) is 3.00. The number of benzene rings is 3. The summed E-state index contributed by atoms with van der Waals surface area (Å²) in [6, 6.07) is 25.4. The number of hydrogen-bond acceptors (Lipinski definition) is 3. The van der Waals surface area contributed by atoms with E-state index >= 15 is 0 Å². The van der Waals surface area contributed by atoms with E-state index in [-0.39, 0.29) is 17.5 Å². The van der Waals surface area contributed by atoms with Gasteiger partial charge >= 0.3 is 0 Å². The summed E-state index contributed by atoms with van der Waals surface area (Å²) in [6.07, 6.45) is 0.505. The topological polar surface area (TPSA) is 35.9 Å². The number of halogens is 1. The molecule has 2 heterocycles. The fourth-order valence-corrected chi connectivity index (χ4v) is 4.99. The van der Waals surface area contributed by atoms with Crippen molar-refractivity contribution in [3.05, 3.63) is 101 Å². The number of amides is 1.